The molecule has 1 amide bonds. The van der Waals surface area contributed by atoms with Crippen molar-refractivity contribution in [3.05, 3.63) is 23.3 Å². The molecule has 0 radical (unpaired) electrons. The molecule has 0 N–H and O–H groups in total. The van der Waals surface area contributed by atoms with E-state index < -0.39 is 0 Å². The molecule has 1 aromatic rings. The number of ether oxygens (including phenoxy) is 2. The van der Waals surface area contributed by atoms with E-state index in [1.165, 1.54) is 0 Å². The molecule has 1 saturated heterocycles. The first-order valence-corrected chi connectivity index (χ1v) is 6.82. The van der Waals surface area contributed by atoms with Crippen LogP contribution in [-0.4, -0.2) is 43.5 Å². The van der Waals surface area contributed by atoms with Gasteiger partial charge in [-0.1, -0.05) is 0 Å². The summed E-state index contributed by atoms with van der Waals surface area (Å²) in [5, 5.41) is 0. The van der Waals surface area contributed by atoms with Gasteiger partial charge < -0.3 is 14.4 Å². The molecule has 1 fully saturated rings. The Balaban J connectivity index is 1.99. The maximum absolute atomic E-state index is 12.6. The lowest BCUT2D eigenvalue weighted by Crippen LogP contribution is -2.35. The standard InChI is InChI=1S/C15H18N2O3/c1-10-6-12-13(7-14(10)20-9-19-2)16-8-11-4-3-5-17(11)15(12)18/h6-8,11H,3-5,9H2,1-2H3/t11-/m0/s1. The normalized spacial score (nSPS) is 20.6. The Morgan fingerprint density at radius 2 is 2.30 bits per heavy atom. The van der Waals surface area contributed by atoms with Gasteiger partial charge in [-0.2, -0.15) is 0 Å². The summed E-state index contributed by atoms with van der Waals surface area (Å²) in [5.74, 6) is 0.777. The molecule has 1 aromatic carbocycles. The Morgan fingerprint density at radius 1 is 1.45 bits per heavy atom. The van der Waals surface area contributed by atoms with Gasteiger partial charge >= 0.3 is 0 Å². The quantitative estimate of drug-likeness (QED) is 0.795. The lowest BCUT2D eigenvalue weighted by atomic mass is 10.1. The molecule has 3 rings (SSSR count). The molecule has 0 aromatic heterocycles. The van der Waals surface area contributed by atoms with Crippen molar-refractivity contribution in [2.75, 3.05) is 20.4 Å². The summed E-state index contributed by atoms with van der Waals surface area (Å²) in [6, 6.07) is 3.82. The smallest absolute Gasteiger partial charge is 0.256 e. The van der Waals surface area contributed by atoms with Crippen LogP contribution in [0.1, 0.15) is 28.8 Å². The monoisotopic (exact) mass is 274 g/mol. The molecular formula is C15H18N2O3. The van der Waals surface area contributed by atoms with Gasteiger partial charge in [-0.05, 0) is 31.4 Å². The summed E-state index contributed by atoms with van der Waals surface area (Å²) >= 11 is 0. The number of amides is 1. The summed E-state index contributed by atoms with van der Waals surface area (Å²) < 4.78 is 10.4. The van der Waals surface area contributed by atoms with Crippen molar-refractivity contribution in [3.8, 4) is 5.75 Å². The second-order valence-electron chi connectivity index (χ2n) is 5.17. The maximum Gasteiger partial charge on any atom is 0.256 e. The van der Waals surface area contributed by atoms with Crippen molar-refractivity contribution in [2.24, 2.45) is 4.99 Å². The fourth-order valence-corrected chi connectivity index (χ4v) is 2.75. The van der Waals surface area contributed by atoms with Crippen molar-refractivity contribution < 1.29 is 14.3 Å². The van der Waals surface area contributed by atoms with E-state index in [-0.39, 0.29) is 18.7 Å². The number of rotatable bonds is 3. The van der Waals surface area contributed by atoms with E-state index in [0.717, 1.165) is 24.9 Å². The molecule has 2 aliphatic heterocycles. The number of nitrogens with zero attached hydrogens (tertiary/aromatic N) is 2. The van der Waals surface area contributed by atoms with Crippen LogP contribution in [0.4, 0.5) is 5.69 Å². The molecule has 2 aliphatic rings. The molecule has 5 heteroatoms. The van der Waals surface area contributed by atoms with Crippen LogP contribution in [0.3, 0.4) is 0 Å². The average Bonchev–Trinajstić information content (AvgIpc) is 2.87. The summed E-state index contributed by atoms with van der Waals surface area (Å²) in [7, 11) is 1.58. The van der Waals surface area contributed by atoms with Crippen molar-refractivity contribution in [2.45, 2.75) is 25.8 Å². The Kier molecular flexibility index (Phi) is 3.44. The summed E-state index contributed by atoms with van der Waals surface area (Å²) in [5.41, 5.74) is 2.26. The summed E-state index contributed by atoms with van der Waals surface area (Å²) in [6.45, 7) is 2.93. The number of hydrogen-bond donors (Lipinski definition) is 0. The van der Waals surface area contributed by atoms with Gasteiger partial charge in [0.15, 0.2) is 6.79 Å². The highest BCUT2D eigenvalue weighted by molar-refractivity contribution is 6.03. The molecule has 0 saturated carbocycles. The van der Waals surface area contributed by atoms with Gasteiger partial charge in [-0.3, -0.25) is 9.79 Å². The second kappa shape index (κ2) is 5.25. The first-order chi connectivity index (χ1) is 9.70. The molecule has 106 valence electrons. The Labute approximate surface area is 118 Å². The minimum absolute atomic E-state index is 0.0707. The Hall–Kier alpha value is -1.88. The highest BCUT2D eigenvalue weighted by Gasteiger charge is 2.31. The second-order valence-corrected chi connectivity index (χ2v) is 5.17. The van der Waals surface area contributed by atoms with Crippen molar-refractivity contribution in [3.63, 3.8) is 0 Å². The maximum atomic E-state index is 12.6. The van der Waals surface area contributed by atoms with E-state index in [0.29, 0.717) is 17.0 Å². The SMILES string of the molecule is COCOc1cc2c(cc1C)C(=O)N1CCC[C@H]1C=N2. The third kappa shape index (κ3) is 2.18. The van der Waals surface area contributed by atoms with Crippen LogP contribution in [0, 0.1) is 6.92 Å². The van der Waals surface area contributed by atoms with Crippen LogP contribution >= 0.6 is 0 Å². The zero-order valence-corrected chi connectivity index (χ0v) is 11.8. The van der Waals surface area contributed by atoms with Crippen LogP contribution in [0.5, 0.6) is 5.75 Å². The predicted octanol–water partition coefficient (Wildman–Crippen LogP) is 2.30. The molecule has 2 heterocycles. The van der Waals surface area contributed by atoms with Gasteiger partial charge in [0.1, 0.15) is 5.75 Å². The molecule has 0 spiro atoms. The van der Waals surface area contributed by atoms with Crippen molar-refractivity contribution in [1.82, 2.24) is 4.90 Å². The van der Waals surface area contributed by atoms with E-state index in [1.807, 2.05) is 30.2 Å². The minimum Gasteiger partial charge on any atom is -0.467 e. The van der Waals surface area contributed by atoms with E-state index in [9.17, 15) is 4.79 Å². The highest BCUT2D eigenvalue weighted by Crippen LogP contribution is 2.33. The number of methoxy groups -OCH3 is 1. The van der Waals surface area contributed by atoms with Crippen LogP contribution < -0.4 is 4.74 Å². The number of hydrogen-bond acceptors (Lipinski definition) is 4. The number of fused-ring (bicyclic) bond motifs is 2. The van der Waals surface area contributed by atoms with E-state index >= 15 is 0 Å². The van der Waals surface area contributed by atoms with Gasteiger partial charge in [0, 0.05) is 25.9 Å². The van der Waals surface area contributed by atoms with Crippen LogP contribution in [0.25, 0.3) is 0 Å². The topological polar surface area (TPSA) is 51.1 Å². The molecule has 0 bridgehead atoms. The van der Waals surface area contributed by atoms with Gasteiger partial charge in [-0.25, -0.2) is 0 Å². The molecule has 0 unspecified atom stereocenters. The highest BCUT2D eigenvalue weighted by atomic mass is 16.7. The van der Waals surface area contributed by atoms with Crippen molar-refractivity contribution in [1.29, 1.82) is 0 Å². The van der Waals surface area contributed by atoms with E-state index in [2.05, 4.69) is 4.99 Å². The zero-order chi connectivity index (χ0) is 14.1. The van der Waals surface area contributed by atoms with Gasteiger partial charge in [0.05, 0.1) is 17.3 Å². The number of carbonyl (C=O) groups is 1. The lowest BCUT2D eigenvalue weighted by molar-refractivity contribution is 0.0506. The third-order valence-corrected chi connectivity index (χ3v) is 3.80. The van der Waals surface area contributed by atoms with Gasteiger partial charge in [-0.15, -0.1) is 0 Å². The van der Waals surface area contributed by atoms with E-state index in [4.69, 9.17) is 9.47 Å². The molecule has 0 aliphatic carbocycles. The Morgan fingerprint density at radius 3 is 3.10 bits per heavy atom. The lowest BCUT2D eigenvalue weighted by Gasteiger charge is -2.20. The van der Waals surface area contributed by atoms with Crippen molar-refractivity contribution >= 4 is 17.8 Å². The van der Waals surface area contributed by atoms with Gasteiger partial charge in [0.2, 0.25) is 0 Å². The number of aryl methyl sites for hydroxylation is 1. The summed E-state index contributed by atoms with van der Waals surface area (Å²) in [4.78, 5) is 19.0. The van der Waals surface area contributed by atoms with Crippen LogP contribution in [0.15, 0.2) is 17.1 Å². The largest absolute Gasteiger partial charge is 0.467 e. The fraction of sp³-hybridized carbons (Fsp3) is 0.467. The van der Waals surface area contributed by atoms with E-state index in [1.54, 1.807) is 7.11 Å². The first-order valence-electron chi connectivity index (χ1n) is 6.82. The predicted molar refractivity (Wildman–Crippen MR) is 75.9 cm³/mol. The fourth-order valence-electron chi connectivity index (χ4n) is 2.75. The third-order valence-electron chi connectivity index (χ3n) is 3.80. The van der Waals surface area contributed by atoms with Gasteiger partial charge in [0.25, 0.3) is 5.91 Å². The van der Waals surface area contributed by atoms with Crippen LogP contribution in [-0.2, 0) is 4.74 Å². The zero-order valence-electron chi connectivity index (χ0n) is 11.8. The molecule has 5 nitrogen and oxygen atoms in total. The Bertz CT molecular complexity index is 568. The average molecular weight is 274 g/mol. The molecule has 20 heavy (non-hydrogen) atoms. The number of aliphatic imine (C=N–C) groups is 1. The number of carbonyl (C=O) groups excluding carboxylic acids is 1. The van der Waals surface area contributed by atoms with Crippen LogP contribution in [0.2, 0.25) is 0 Å². The first kappa shape index (κ1) is 13.1. The summed E-state index contributed by atoms with van der Waals surface area (Å²) in [6.07, 6.45) is 3.92. The minimum atomic E-state index is 0.0707. The molecule has 1 atom stereocenters. The number of benzene rings is 1. The molecular weight excluding hydrogens is 256 g/mol.